The number of hydrogen-bond donors (Lipinski definition) is 0. The molecule has 2 aromatic carbocycles. The molecule has 0 atom stereocenters. The highest BCUT2D eigenvalue weighted by Crippen LogP contribution is 2.34. The van der Waals surface area contributed by atoms with Crippen molar-refractivity contribution in [3.63, 3.8) is 0 Å². The van der Waals surface area contributed by atoms with Crippen molar-refractivity contribution in [2.24, 2.45) is 0 Å². The van der Waals surface area contributed by atoms with Crippen LogP contribution in [0.2, 0.25) is 10.0 Å². The summed E-state index contributed by atoms with van der Waals surface area (Å²) in [5.74, 6) is 0. The smallest absolute Gasteiger partial charge is 0.244 e. The highest BCUT2D eigenvalue weighted by Gasteiger charge is 2.31. The fourth-order valence-corrected chi connectivity index (χ4v) is 6.71. The molecule has 0 radical (unpaired) electrons. The van der Waals surface area contributed by atoms with Crippen molar-refractivity contribution in [1.82, 2.24) is 9.29 Å². The highest BCUT2D eigenvalue weighted by molar-refractivity contribution is 7.89. The van der Waals surface area contributed by atoms with E-state index in [1.54, 1.807) is 23.5 Å². The number of nitrogens with zero attached hydrogens (tertiary/aromatic N) is 3. The maximum Gasteiger partial charge on any atom is 0.244 e. The normalized spacial score (nSPS) is 15.5. The number of anilines is 1. The Morgan fingerprint density at radius 2 is 1.60 bits per heavy atom. The number of rotatable bonds is 4. The first kappa shape index (κ1) is 21.6. The predicted molar refractivity (Wildman–Crippen MR) is 124 cm³/mol. The van der Waals surface area contributed by atoms with Crippen LogP contribution in [0.4, 0.5) is 5.13 Å². The molecule has 2 heterocycles. The van der Waals surface area contributed by atoms with Gasteiger partial charge in [-0.2, -0.15) is 4.31 Å². The largest absolute Gasteiger partial charge is 0.345 e. The fourth-order valence-electron chi connectivity index (χ4n) is 3.68. The topological polar surface area (TPSA) is 53.5 Å². The van der Waals surface area contributed by atoms with Gasteiger partial charge in [0, 0.05) is 37.1 Å². The quantitative estimate of drug-likeness (QED) is 0.510. The Balaban J connectivity index is 1.50. The average Bonchev–Trinajstić information content (AvgIpc) is 3.19. The van der Waals surface area contributed by atoms with Gasteiger partial charge in [-0.05, 0) is 37.1 Å². The Hall–Kier alpha value is -1.64. The average molecular weight is 482 g/mol. The number of hydrogen-bond acceptors (Lipinski definition) is 5. The van der Waals surface area contributed by atoms with Crippen molar-refractivity contribution in [3.05, 3.63) is 63.0 Å². The van der Waals surface area contributed by atoms with Crippen molar-refractivity contribution in [2.75, 3.05) is 31.1 Å². The monoisotopic (exact) mass is 481 g/mol. The van der Waals surface area contributed by atoms with E-state index < -0.39 is 10.0 Å². The lowest BCUT2D eigenvalue weighted by Crippen LogP contribution is -2.48. The third-order valence-electron chi connectivity index (χ3n) is 5.27. The molecule has 3 aromatic rings. The van der Waals surface area contributed by atoms with Gasteiger partial charge in [-0.15, -0.1) is 11.3 Å². The summed E-state index contributed by atoms with van der Waals surface area (Å²) in [6.45, 7) is 6.04. The Labute approximate surface area is 190 Å². The summed E-state index contributed by atoms with van der Waals surface area (Å²) in [6.07, 6.45) is 0. The van der Waals surface area contributed by atoms with Crippen molar-refractivity contribution in [3.8, 4) is 11.3 Å². The van der Waals surface area contributed by atoms with E-state index in [1.165, 1.54) is 21.5 Å². The van der Waals surface area contributed by atoms with Crippen LogP contribution in [0.25, 0.3) is 11.3 Å². The first-order valence-corrected chi connectivity index (χ1v) is 12.6. The summed E-state index contributed by atoms with van der Waals surface area (Å²) in [5, 5.41) is 3.28. The van der Waals surface area contributed by atoms with E-state index in [4.69, 9.17) is 28.2 Å². The molecule has 0 spiro atoms. The molecular weight excluding hydrogens is 461 g/mol. The molecule has 0 amide bonds. The molecule has 1 aliphatic rings. The lowest BCUT2D eigenvalue weighted by atomic mass is 10.0. The minimum Gasteiger partial charge on any atom is -0.345 e. The zero-order chi connectivity index (χ0) is 21.5. The van der Waals surface area contributed by atoms with Gasteiger partial charge in [0.15, 0.2) is 5.13 Å². The van der Waals surface area contributed by atoms with Crippen LogP contribution in [0, 0.1) is 13.8 Å². The summed E-state index contributed by atoms with van der Waals surface area (Å²) < 4.78 is 27.5. The maximum atomic E-state index is 13.0. The van der Waals surface area contributed by atoms with Crippen molar-refractivity contribution in [1.29, 1.82) is 0 Å². The van der Waals surface area contributed by atoms with Gasteiger partial charge in [0.1, 0.15) is 4.90 Å². The van der Waals surface area contributed by atoms with E-state index in [-0.39, 0.29) is 14.9 Å². The van der Waals surface area contributed by atoms with Crippen molar-refractivity contribution >= 4 is 49.7 Å². The molecule has 0 unspecified atom stereocenters. The zero-order valence-electron chi connectivity index (χ0n) is 16.6. The van der Waals surface area contributed by atoms with E-state index >= 15 is 0 Å². The molecule has 0 N–H and O–H groups in total. The third kappa shape index (κ3) is 3.97. The first-order valence-electron chi connectivity index (χ1n) is 9.50. The van der Waals surface area contributed by atoms with Gasteiger partial charge in [0.05, 0.1) is 15.7 Å². The molecule has 0 aliphatic carbocycles. The lowest BCUT2D eigenvalue weighted by molar-refractivity contribution is 0.385. The van der Waals surface area contributed by atoms with Crippen molar-refractivity contribution in [2.45, 2.75) is 18.7 Å². The van der Waals surface area contributed by atoms with Crippen LogP contribution >= 0.6 is 34.5 Å². The molecule has 0 saturated carbocycles. The molecule has 1 fully saturated rings. The van der Waals surface area contributed by atoms with Gasteiger partial charge in [0.2, 0.25) is 10.0 Å². The van der Waals surface area contributed by atoms with Crippen molar-refractivity contribution < 1.29 is 8.42 Å². The molecule has 5 nitrogen and oxygen atoms in total. The number of aromatic nitrogens is 1. The highest BCUT2D eigenvalue weighted by atomic mass is 35.5. The summed E-state index contributed by atoms with van der Waals surface area (Å²) >= 11 is 13.7. The van der Waals surface area contributed by atoms with Gasteiger partial charge in [-0.3, -0.25) is 0 Å². The van der Waals surface area contributed by atoms with E-state index in [0.717, 1.165) is 16.4 Å². The number of piperazine rings is 1. The number of sulfonamides is 1. The van der Waals surface area contributed by atoms with Gasteiger partial charge >= 0.3 is 0 Å². The number of halogens is 2. The number of aryl methyl sites for hydroxylation is 2. The molecule has 9 heteroatoms. The number of thiazole rings is 1. The molecule has 158 valence electrons. The summed E-state index contributed by atoms with van der Waals surface area (Å²) in [6, 6.07) is 10.9. The minimum absolute atomic E-state index is 0.0525. The van der Waals surface area contributed by atoms with Gasteiger partial charge < -0.3 is 4.90 Å². The van der Waals surface area contributed by atoms with Crippen LogP contribution in [-0.2, 0) is 10.0 Å². The Morgan fingerprint density at radius 3 is 2.27 bits per heavy atom. The van der Waals surface area contributed by atoms with E-state index in [0.29, 0.717) is 26.2 Å². The first-order chi connectivity index (χ1) is 14.3. The summed E-state index contributed by atoms with van der Waals surface area (Å²) in [7, 11) is -3.70. The van der Waals surface area contributed by atoms with Gasteiger partial charge in [-0.1, -0.05) is 47.5 Å². The molecule has 1 saturated heterocycles. The lowest BCUT2D eigenvalue weighted by Gasteiger charge is -2.34. The van der Waals surface area contributed by atoms with E-state index in [1.807, 2.05) is 6.07 Å². The molecule has 30 heavy (non-hydrogen) atoms. The second-order valence-electron chi connectivity index (χ2n) is 7.23. The van der Waals surface area contributed by atoms with Gasteiger partial charge in [-0.25, -0.2) is 13.4 Å². The second-order valence-corrected chi connectivity index (χ2v) is 10.8. The Kier molecular flexibility index (Phi) is 6.10. The van der Waals surface area contributed by atoms with Crippen LogP contribution in [0.3, 0.4) is 0 Å². The second kappa shape index (κ2) is 8.48. The summed E-state index contributed by atoms with van der Waals surface area (Å²) in [5.41, 5.74) is 4.52. The molecule has 1 aromatic heterocycles. The zero-order valence-corrected chi connectivity index (χ0v) is 19.7. The molecule has 1 aliphatic heterocycles. The minimum atomic E-state index is -3.70. The van der Waals surface area contributed by atoms with Crippen LogP contribution in [0.1, 0.15) is 11.1 Å². The molecular formula is C21H21Cl2N3O2S2. The molecule has 0 bridgehead atoms. The number of benzene rings is 2. The van der Waals surface area contributed by atoms with Crippen LogP contribution < -0.4 is 4.90 Å². The third-order valence-corrected chi connectivity index (χ3v) is 9.05. The van der Waals surface area contributed by atoms with E-state index in [9.17, 15) is 8.42 Å². The van der Waals surface area contributed by atoms with Gasteiger partial charge in [0.25, 0.3) is 0 Å². The van der Waals surface area contributed by atoms with E-state index in [2.05, 4.69) is 36.3 Å². The van der Waals surface area contributed by atoms with Crippen LogP contribution in [-0.4, -0.2) is 43.9 Å². The van der Waals surface area contributed by atoms with Crippen LogP contribution in [0.15, 0.2) is 46.7 Å². The summed E-state index contributed by atoms with van der Waals surface area (Å²) in [4.78, 5) is 7.02. The fraction of sp³-hybridized carbons (Fsp3) is 0.286. The SMILES string of the molecule is Cc1cccc(C)c1-c1csc(N2CCN(S(=O)(=O)c3cccc(Cl)c3Cl)CC2)n1. The Bertz CT molecular complexity index is 1170. The predicted octanol–water partition coefficient (Wildman–Crippen LogP) is 5.24. The standard InChI is InChI=1S/C21H21Cl2N3O2S2/c1-14-5-3-6-15(2)19(14)17-13-29-21(24-17)25-9-11-26(12-10-25)30(27,28)18-8-4-7-16(22)20(18)23/h3-8,13H,9-12H2,1-2H3. The maximum absolute atomic E-state index is 13.0. The Morgan fingerprint density at radius 1 is 0.967 bits per heavy atom. The molecule has 4 rings (SSSR count). The van der Waals surface area contributed by atoms with Crippen LogP contribution in [0.5, 0.6) is 0 Å².